The standard InChI is InChI=1S/C20H22FN3O2/c1-22-18-9-3-2-8-17(18)20(26)24-11-5-10-23(12-13-24)19(25)15-6-4-7-16(21)14-15/h2-4,6-9,14,22H,5,10-13H2,1H3. The Balaban J connectivity index is 1.70. The lowest BCUT2D eigenvalue weighted by Gasteiger charge is -2.23. The Morgan fingerprint density at radius 3 is 2.31 bits per heavy atom. The molecule has 0 bridgehead atoms. The average molecular weight is 355 g/mol. The molecule has 3 rings (SSSR count). The first-order valence-corrected chi connectivity index (χ1v) is 8.71. The molecule has 2 amide bonds. The van der Waals surface area contributed by atoms with Crippen LogP contribution < -0.4 is 5.32 Å². The van der Waals surface area contributed by atoms with Gasteiger partial charge in [0.05, 0.1) is 5.56 Å². The van der Waals surface area contributed by atoms with Crippen molar-refractivity contribution in [1.82, 2.24) is 9.80 Å². The molecule has 0 aromatic heterocycles. The lowest BCUT2D eigenvalue weighted by molar-refractivity contribution is 0.0719. The van der Waals surface area contributed by atoms with Crippen LogP contribution in [0.2, 0.25) is 0 Å². The van der Waals surface area contributed by atoms with Crippen molar-refractivity contribution >= 4 is 17.5 Å². The van der Waals surface area contributed by atoms with Crippen molar-refractivity contribution in [3.8, 4) is 0 Å². The zero-order valence-corrected chi connectivity index (χ0v) is 14.7. The van der Waals surface area contributed by atoms with Gasteiger partial charge in [-0.15, -0.1) is 0 Å². The fraction of sp³-hybridized carbons (Fsp3) is 0.300. The number of amides is 2. The van der Waals surface area contributed by atoms with Gasteiger partial charge in [-0.3, -0.25) is 9.59 Å². The van der Waals surface area contributed by atoms with Gasteiger partial charge in [0.25, 0.3) is 11.8 Å². The van der Waals surface area contributed by atoms with Crippen molar-refractivity contribution < 1.29 is 14.0 Å². The molecule has 0 unspecified atom stereocenters. The first-order valence-electron chi connectivity index (χ1n) is 8.71. The molecule has 1 fully saturated rings. The average Bonchev–Trinajstić information content (AvgIpc) is 2.93. The van der Waals surface area contributed by atoms with Gasteiger partial charge in [0.2, 0.25) is 0 Å². The van der Waals surface area contributed by atoms with E-state index in [1.165, 1.54) is 18.2 Å². The molecule has 0 spiro atoms. The maximum Gasteiger partial charge on any atom is 0.256 e. The molecule has 1 N–H and O–H groups in total. The molecule has 0 saturated carbocycles. The zero-order valence-electron chi connectivity index (χ0n) is 14.7. The third kappa shape index (κ3) is 3.85. The molecule has 6 heteroatoms. The highest BCUT2D eigenvalue weighted by atomic mass is 19.1. The summed E-state index contributed by atoms with van der Waals surface area (Å²) in [6.07, 6.45) is 0.689. The van der Waals surface area contributed by atoms with E-state index in [2.05, 4.69) is 5.32 Å². The number of rotatable bonds is 3. The summed E-state index contributed by atoms with van der Waals surface area (Å²) in [4.78, 5) is 28.9. The van der Waals surface area contributed by atoms with E-state index >= 15 is 0 Å². The van der Waals surface area contributed by atoms with Crippen molar-refractivity contribution in [3.05, 3.63) is 65.5 Å². The number of carbonyl (C=O) groups is 2. The van der Waals surface area contributed by atoms with Gasteiger partial charge in [-0.25, -0.2) is 4.39 Å². The third-order valence-electron chi connectivity index (χ3n) is 4.57. The number of halogens is 1. The minimum absolute atomic E-state index is 0.0463. The number of hydrogen-bond donors (Lipinski definition) is 1. The van der Waals surface area contributed by atoms with Crippen molar-refractivity contribution in [3.63, 3.8) is 0 Å². The van der Waals surface area contributed by atoms with Gasteiger partial charge in [0.1, 0.15) is 5.82 Å². The SMILES string of the molecule is CNc1ccccc1C(=O)N1CCCN(C(=O)c2cccc(F)c2)CC1. The molecule has 0 atom stereocenters. The zero-order chi connectivity index (χ0) is 18.5. The monoisotopic (exact) mass is 355 g/mol. The van der Waals surface area contributed by atoms with Gasteiger partial charge in [-0.1, -0.05) is 18.2 Å². The topological polar surface area (TPSA) is 52.7 Å². The largest absolute Gasteiger partial charge is 0.387 e. The minimum Gasteiger partial charge on any atom is -0.387 e. The first kappa shape index (κ1) is 17.9. The van der Waals surface area contributed by atoms with Crippen molar-refractivity contribution in [1.29, 1.82) is 0 Å². The molecule has 1 aliphatic rings. The van der Waals surface area contributed by atoms with Crippen molar-refractivity contribution in [2.75, 3.05) is 38.5 Å². The summed E-state index contributed by atoms with van der Waals surface area (Å²) in [7, 11) is 1.79. The van der Waals surface area contributed by atoms with E-state index in [1.807, 2.05) is 18.2 Å². The smallest absolute Gasteiger partial charge is 0.256 e. The maximum atomic E-state index is 13.4. The summed E-state index contributed by atoms with van der Waals surface area (Å²) in [5, 5.41) is 3.04. The molecule has 1 heterocycles. The van der Waals surface area contributed by atoms with E-state index in [1.54, 1.807) is 29.0 Å². The molecule has 1 aliphatic heterocycles. The fourth-order valence-electron chi connectivity index (χ4n) is 3.19. The van der Waals surface area contributed by atoms with Gasteiger partial charge < -0.3 is 15.1 Å². The summed E-state index contributed by atoms with van der Waals surface area (Å²) in [6, 6.07) is 13.1. The van der Waals surface area contributed by atoms with E-state index < -0.39 is 5.82 Å². The molecule has 5 nitrogen and oxygen atoms in total. The summed E-state index contributed by atoms with van der Waals surface area (Å²) >= 11 is 0. The van der Waals surface area contributed by atoms with E-state index in [4.69, 9.17) is 0 Å². The quantitative estimate of drug-likeness (QED) is 0.921. The van der Waals surface area contributed by atoms with Crippen LogP contribution in [0.15, 0.2) is 48.5 Å². The van der Waals surface area contributed by atoms with E-state index in [0.717, 1.165) is 5.69 Å². The molecule has 2 aromatic carbocycles. The molecule has 136 valence electrons. The van der Waals surface area contributed by atoms with Gasteiger partial charge in [-0.05, 0) is 36.8 Å². The van der Waals surface area contributed by atoms with Gasteiger partial charge in [0.15, 0.2) is 0 Å². The van der Waals surface area contributed by atoms with E-state index in [-0.39, 0.29) is 11.8 Å². The van der Waals surface area contributed by atoms with Crippen LogP contribution in [0.4, 0.5) is 10.1 Å². The van der Waals surface area contributed by atoms with Gasteiger partial charge >= 0.3 is 0 Å². The third-order valence-corrected chi connectivity index (χ3v) is 4.57. The summed E-state index contributed by atoms with van der Waals surface area (Å²) < 4.78 is 13.4. The number of nitrogens with zero attached hydrogens (tertiary/aromatic N) is 2. The van der Waals surface area contributed by atoms with Crippen LogP contribution in [0.1, 0.15) is 27.1 Å². The van der Waals surface area contributed by atoms with Gasteiger partial charge in [-0.2, -0.15) is 0 Å². The predicted octanol–water partition coefficient (Wildman–Crippen LogP) is 2.86. The normalized spacial score (nSPS) is 14.7. The van der Waals surface area contributed by atoms with Crippen LogP contribution in [0.3, 0.4) is 0 Å². The van der Waals surface area contributed by atoms with Crippen LogP contribution in [0, 0.1) is 5.82 Å². The fourth-order valence-corrected chi connectivity index (χ4v) is 3.19. The Morgan fingerprint density at radius 1 is 0.923 bits per heavy atom. The number of benzene rings is 2. The highest BCUT2D eigenvalue weighted by Crippen LogP contribution is 2.18. The Labute approximate surface area is 152 Å². The number of carbonyl (C=O) groups excluding carboxylic acids is 2. The minimum atomic E-state index is -0.425. The highest BCUT2D eigenvalue weighted by molar-refractivity contribution is 5.99. The van der Waals surface area contributed by atoms with E-state index in [9.17, 15) is 14.0 Å². The number of nitrogens with one attached hydrogen (secondary N) is 1. The first-order chi connectivity index (χ1) is 12.6. The predicted molar refractivity (Wildman–Crippen MR) is 98.8 cm³/mol. The van der Waals surface area contributed by atoms with E-state index in [0.29, 0.717) is 43.7 Å². The Hall–Kier alpha value is -2.89. The molecular weight excluding hydrogens is 333 g/mol. The second-order valence-corrected chi connectivity index (χ2v) is 6.24. The molecular formula is C20H22FN3O2. The number of hydrogen-bond acceptors (Lipinski definition) is 3. The lowest BCUT2D eigenvalue weighted by atomic mass is 10.1. The second kappa shape index (κ2) is 7.99. The number of anilines is 1. The Kier molecular flexibility index (Phi) is 5.51. The van der Waals surface area contributed by atoms with Crippen LogP contribution >= 0.6 is 0 Å². The van der Waals surface area contributed by atoms with Gasteiger partial charge in [0, 0.05) is 44.5 Å². The molecule has 0 aliphatic carbocycles. The Bertz CT molecular complexity index is 809. The van der Waals surface area contributed by atoms with Crippen molar-refractivity contribution in [2.45, 2.75) is 6.42 Å². The van der Waals surface area contributed by atoms with Crippen LogP contribution in [-0.4, -0.2) is 54.8 Å². The lowest BCUT2D eigenvalue weighted by Crippen LogP contribution is -2.37. The summed E-state index contributed by atoms with van der Waals surface area (Å²) in [5.41, 5.74) is 1.75. The molecule has 26 heavy (non-hydrogen) atoms. The maximum absolute atomic E-state index is 13.4. The Morgan fingerprint density at radius 2 is 1.62 bits per heavy atom. The van der Waals surface area contributed by atoms with Crippen LogP contribution in [-0.2, 0) is 0 Å². The van der Waals surface area contributed by atoms with Crippen molar-refractivity contribution in [2.24, 2.45) is 0 Å². The molecule has 2 aromatic rings. The summed E-state index contributed by atoms with van der Waals surface area (Å²) in [5.74, 6) is -0.671. The second-order valence-electron chi connectivity index (χ2n) is 6.24. The molecule has 1 saturated heterocycles. The summed E-state index contributed by atoms with van der Waals surface area (Å²) in [6.45, 7) is 2.03. The highest BCUT2D eigenvalue weighted by Gasteiger charge is 2.24. The number of para-hydroxylation sites is 1. The van der Waals surface area contributed by atoms with Crippen LogP contribution in [0.5, 0.6) is 0 Å². The molecule has 0 radical (unpaired) electrons. The van der Waals surface area contributed by atoms with Crippen LogP contribution in [0.25, 0.3) is 0 Å².